The van der Waals surface area contributed by atoms with E-state index in [-0.39, 0.29) is 18.0 Å². The first kappa shape index (κ1) is 15.4. The van der Waals surface area contributed by atoms with Crippen molar-refractivity contribution in [3.8, 4) is 10.4 Å². The second-order valence-corrected chi connectivity index (χ2v) is 7.22. The van der Waals surface area contributed by atoms with E-state index >= 15 is 0 Å². The summed E-state index contributed by atoms with van der Waals surface area (Å²) in [4.78, 5) is 32.4. The van der Waals surface area contributed by atoms with Gasteiger partial charge in [0.25, 0.3) is 5.56 Å². The number of likely N-dealkylation sites (tertiary alicyclic amines) is 1. The molecule has 2 aromatic heterocycles. The zero-order valence-corrected chi connectivity index (χ0v) is 14.3. The molecule has 0 radical (unpaired) electrons. The summed E-state index contributed by atoms with van der Waals surface area (Å²) in [5.41, 5.74) is 0.815. The van der Waals surface area contributed by atoms with Crippen molar-refractivity contribution < 1.29 is 4.79 Å². The van der Waals surface area contributed by atoms with Gasteiger partial charge in [-0.1, -0.05) is 23.7 Å². The van der Waals surface area contributed by atoms with E-state index in [1.165, 1.54) is 22.2 Å². The van der Waals surface area contributed by atoms with Gasteiger partial charge < -0.3 is 4.90 Å². The molecule has 7 heteroatoms. The van der Waals surface area contributed by atoms with Gasteiger partial charge in [0.15, 0.2) is 0 Å². The van der Waals surface area contributed by atoms with Crippen molar-refractivity contribution >= 4 is 39.1 Å². The molecule has 24 heavy (non-hydrogen) atoms. The Morgan fingerprint density at radius 1 is 1.25 bits per heavy atom. The van der Waals surface area contributed by atoms with E-state index in [9.17, 15) is 9.59 Å². The molecule has 1 aliphatic heterocycles. The topological polar surface area (TPSA) is 55.2 Å². The Kier molecular flexibility index (Phi) is 3.86. The molecule has 4 rings (SSSR count). The molecule has 1 saturated heterocycles. The smallest absolute Gasteiger partial charge is 0.262 e. The molecular formula is C17H14ClN3O2S. The fourth-order valence-corrected chi connectivity index (χ4v) is 3.76. The maximum Gasteiger partial charge on any atom is 0.262 e. The molecule has 1 aliphatic rings. The van der Waals surface area contributed by atoms with Gasteiger partial charge in [0, 0.05) is 23.0 Å². The average Bonchev–Trinajstić information content (AvgIpc) is 2.94. The van der Waals surface area contributed by atoms with Crippen LogP contribution in [-0.4, -0.2) is 33.4 Å². The Morgan fingerprint density at radius 3 is 2.67 bits per heavy atom. The van der Waals surface area contributed by atoms with Gasteiger partial charge in [-0.2, -0.15) is 0 Å². The van der Waals surface area contributed by atoms with Crippen LogP contribution < -0.4 is 5.56 Å². The number of aromatic nitrogens is 2. The van der Waals surface area contributed by atoms with Crippen molar-refractivity contribution in [3.63, 3.8) is 0 Å². The second kappa shape index (κ2) is 6.03. The number of fused-ring (bicyclic) bond motifs is 1. The Balaban J connectivity index is 1.69. The zero-order chi connectivity index (χ0) is 16.7. The lowest BCUT2D eigenvalue weighted by molar-refractivity contribution is -0.135. The maximum atomic E-state index is 12.6. The molecule has 1 aromatic carbocycles. The fraction of sp³-hybridized carbons (Fsp3) is 0.235. The molecule has 5 nitrogen and oxygen atoms in total. The minimum Gasteiger partial charge on any atom is -0.341 e. The molecule has 0 aliphatic carbocycles. The number of carbonyl (C=O) groups excluding carboxylic acids is 1. The number of hydrogen-bond donors (Lipinski definition) is 0. The van der Waals surface area contributed by atoms with E-state index in [0.717, 1.165) is 30.0 Å². The third-order valence-electron chi connectivity index (χ3n) is 4.16. The third kappa shape index (κ3) is 2.72. The highest BCUT2D eigenvalue weighted by atomic mass is 35.5. The van der Waals surface area contributed by atoms with Gasteiger partial charge in [0.1, 0.15) is 11.4 Å². The van der Waals surface area contributed by atoms with Gasteiger partial charge in [-0.3, -0.25) is 14.2 Å². The lowest BCUT2D eigenvalue weighted by Gasteiger charge is -2.30. The Hall–Kier alpha value is -2.18. The molecule has 0 atom stereocenters. The van der Waals surface area contributed by atoms with Crippen molar-refractivity contribution in [2.75, 3.05) is 13.1 Å². The van der Waals surface area contributed by atoms with Gasteiger partial charge in [-0.15, -0.1) is 11.3 Å². The van der Waals surface area contributed by atoms with Crippen LogP contribution in [0.3, 0.4) is 0 Å². The van der Waals surface area contributed by atoms with Crippen molar-refractivity contribution in [3.05, 3.63) is 52.0 Å². The Labute approximate surface area is 147 Å². The molecule has 3 heterocycles. The van der Waals surface area contributed by atoms with Crippen molar-refractivity contribution in [2.24, 2.45) is 0 Å². The van der Waals surface area contributed by atoms with Gasteiger partial charge in [-0.25, -0.2) is 4.98 Å². The first-order valence-electron chi connectivity index (χ1n) is 7.64. The van der Waals surface area contributed by atoms with Gasteiger partial charge >= 0.3 is 0 Å². The molecule has 0 spiro atoms. The summed E-state index contributed by atoms with van der Waals surface area (Å²) in [6, 6.07) is 9.30. The van der Waals surface area contributed by atoms with Crippen LogP contribution in [0.5, 0.6) is 0 Å². The molecule has 0 bridgehead atoms. The highest BCUT2D eigenvalue weighted by Crippen LogP contribution is 2.31. The minimum absolute atomic E-state index is 0.0299. The van der Waals surface area contributed by atoms with E-state index in [1.54, 1.807) is 4.90 Å². The lowest BCUT2D eigenvalue weighted by Crippen LogP contribution is -2.44. The maximum absolute atomic E-state index is 12.6. The summed E-state index contributed by atoms with van der Waals surface area (Å²) >= 11 is 7.37. The number of thiophene rings is 1. The standard InChI is InChI=1S/C17H14ClN3O2S/c18-12-4-2-11(3-5-12)14-8-13-16(24-14)19-10-21(17(13)23)9-15(22)20-6-1-7-20/h2-5,8,10H,1,6-7,9H2. The molecule has 1 amide bonds. The van der Waals surface area contributed by atoms with Gasteiger partial charge in [0.05, 0.1) is 11.7 Å². The third-order valence-corrected chi connectivity index (χ3v) is 5.51. The quantitative estimate of drug-likeness (QED) is 0.722. The molecule has 122 valence electrons. The minimum atomic E-state index is -0.176. The number of carbonyl (C=O) groups is 1. The Morgan fingerprint density at radius 2 is 2.00 bits per heavy atom. The average molecular weight is 360 g/mol. The number of benzene rings is 1. The van der Waals surface area contributed by atoms with Crippen LogP contribution in [0.1, 0.15) is 6.42 Å². The van der Waals surface area contributed by atoms with Crippen molar-refractivity contribution in [2.45, 2.75) is 13.0 Å². The monoisotopic (exact) mass is 359 g/mol. The zero-order valence-electron chi connectivity index (χ0n) is 12.7. The number of halogens is 1. The summed E-state index contributed by atoms with van der Waals surface area (Å²) in [6.07, 6.45) is 2.50. The number of amides is 1. The van der Waals surface area contributed by atoms with Crippen molar-refractivity contribution in [1.82, 2.24) is 14.5 Å². The largest absolute Gasteiger partial charge is 0.341 e. The van der Waals surface area contributed by atoms with Crippen molar-refractivity contribution in [1.29, 1.82) is 0 Å². The van der Waals surface area contributed by atoms with Crippen LogP contribution >= 0.6 is 22.9 Å². The summed E-state index contributed by atoms with van der Waals surface area (Å²) < 4.78 is 1.39. The lowest BCUT2D eigenvalue weighted by atomic mass is 10.2. The van der Waals surface area contributed by atoms with E-state index < -0.39 is 0 Å². The predicted molar refractivity (Wildman–Crippen MR) is 95.5 cm³/mol. The number of rotatable bonds is 3. The molecule has 1 fully saturated rings. The van der Waals surface area contributed by atoms with E-state index in [0.29, 0.717) is 15.2 Å². The predicted octanol–water partition coefficient (Wildman–Crippen LogP) is 3.01. The highest BCUT2D eigenvalue weighted by molar-refractivity contribution is 7.21. The molecule has 0 saturated carbocycles. The fourth-order valence-electron chi connectivity index (χ4n) is 2.64. The van der Waals surface area contributed by atoms with Crippen LogP contribution in [0.15, 0.2) is 41.5 Å². The van der Waals surface area contributed by atoms with Crippen LogP contribution in [0.4, 0.5) is 0 Å². The number of nitrogens with zero attached hydrogens (tertiary/aromatic N) is 3. The highest BCUT2D eigenvalue weighted by Gasteiger charge is 2.21. The van der Waals surface area contributed by atoms with E-state index in [1.807, 2.05) is 30.3 Å². The summed E-state index contributed by atoms with van der Waals surface area (Å²) in [5.74, 6) is -0.0299. The van der Waals surface area contributed by atoms with Crippen LogP contribution in [0.2, 0.25) is 5.02 Å². The second-order valence-electron chi connectivity index (χ2n) is 5.75. The Bertz CT molecular complexity index is 974. The first-order chi connectivity index (χ1) is 11.6. The normalized spacial score (nSPS) is 14.0. The van der Waals surface area contributed by atoms with Gasteiger partial charge in [0.2, 0.25) is 5.91 Å². The van der Waals surface area contributed by atoms with Gasteiger partial charge in [-0.05, 0) is 30.2 Å². The summed E-state index contributed by atoms with van der Waals surface area (Å²) in [6.45, 7) is 1.61. The molecular weight excluding hydrogens is 346 g/mol. The van der Waals surface area contributed by atoms with Crippen LogP contribution in [-0.2, 0) is 11.3 Å². The summed E-state index contributed by atoms with van der Waals surface area (Å²) in [5, 5.41) is 1.22. The van der Waals surface area contributed by atoms with E-state index in [4.69, 9.17) is 11.6 Å². The molecule has 0 N–H and O–H groups in total. The molecule has 0 unspecified atom stereocenters. The SMILES string of the molecule is O=C(Cn1cnc2sc(-c3ccc(Cl)cc3)cc2c1=O)N1CCC1. The number of hydrogen-bond acceptors (Lipinski definition) is 4. The van der Waals surface area contributed by atoms with E-state index in [2.05, 4.69) is 4.98 Å². The van der Waals surface area contributed by atoms with Crippen LogP contribution in [0.25, 0.3) is 20.7 Å². The van der Waals surface area contributed by atoms with Crippen LogP contribution in [0, 0.1) is 0 Å². The first-order valence-corrected chi connectivity index (χ1v) is 8.84. The summed E-state index contributed by atoms with van der Waals surface area (Å²) in [7, 11) is 0. The molecule has 3 aromatic rings.